The molecule has 1 aromatic heterocycles. The van der Waals surface area contributed by atoms with Crippen LogP contribution in [-0.4, -0.2) is 38.2 Å². The van der Waals surface area contributed by atoms with E-state index in [1.165, 1.54) is 16.9 Å². The number of piperidine rings is 1. The number of nitrogen functional groups attached to an aromatic ring is 1. The minimum atomic E-state index is -0.514. The predicted molar refractivity (Wildman–Crippen MR) is 128 cm³/mol. The lowest BCUT2D eigenvalue weighted by molar-refractivity contribution is 0.100. The number of benzene rings is 2. The number of nitrogens with one attached hydrogen (secondary N) is 1. The Labute approximate surface area is 186 Å². The van der Waals surface area contributed by atoms with Gasteiger partial charge >= 0.3 is 0 Å². The molecule has 3 aromatic rings. The van der Waals surface area contributed by atoms with Crippen LogP contribution in [0, 0.1) is 0 Å². The molecule has 2 aromatic carbocycles. The molecule has 1 aliphatic rings. The number of anilines is 2. The van der Waals surface area contributed by atoms with E-state index in [-0.39, 0.29) is 6.04 Å². The maximum absolute atomic E-state index is 11.8. The Morgan fingerprint density at radius 1 is 1.19 bits per heavy atom. The molecule has 8 heteroatoms. The smallest absolute Gasteiger partial charge is 0.260 e. The first-order chi connectivity index (χ1) is 15.0. The van der Waals surface area contributed by atoms with Gasteiger partial charge in [-0.25, -0.2) is 0 Å². The quantitative estimate of drug-likeness (QED) is 0.401. The number of fused-ring (bicyclic) bond motifs is 1. The van der Waals surface area contributed by atoms with Gasteiger partial charge in [-0.15, -0.1) is 11.3 Å². The van der Waals surface area contributed by atoms with E-state index < -0.39 is 5.91 Å². The van der Waals surface area contributed by atoms with Crippen LogP contribution in [0.25, 0.3) is 10.1 Å². The molecule has 2 heterocycles. The monoisotopic (exact) mass is 439 g/mol. The summed E-state index contributed by atoms with van der Waals surface area (Å²) >= 11 is 1.32. The van der Waals surface area contributed by atoms with Gasteiger partial charge in [-0.2, -0.15) is 0 Å². The molecule has 1 aliphatic heterocycles. The number of hydrogen-bond donors (Lipinski definition) is 4. The second kappa shape index (κ2) is 9.55. The van der Waals surface area contributed by atoms with E-state index in [9.17, 15) is 4.79 Å². The Morgan fingerprint density at radius 3 is 2.65 bits per heavy atom. The second-order valence-corrected chi connectivity index (χ2v) is 8.91. The van der Waals surface area contributed by atoms with Crippen molar-refractivity contribution in [3.05, 3.63) is 52.9 Å². The number of carbonyl (C=O) groups is 1. The fraction of sp³-hybridized carbons (Fsp3) is 0.348. The number of thiophene rings is 1. The van der Waals surface area contributed by atoms with Gasteiger partial charge < -0.3 is 32.2 Å². The number of nitrogens with two attached hydrogens (primary N) is 3. The molecule has 0 unspecified atom stereocenters. The fourth-order valence-electron chi connectivity index (χ4n) is 3.90. The van der Waals surface area contributed by atoms with Crippen molar-refractivity contribution in [1.29, 1.82) is 0 Å². The van der Waals surface area contributed by atoms with Crippen molar-refractivity contribution in [1.82, 2.24) is 5.32 Å². The minimum Gasteiger partial charge on any atom is -0.491 e. The third-order valence-electron chi connectivity index (χ3n) is 5.61. The summed E-state index contributed by atoms with van der Waals surface area (Å²) < 4.78 is 7.05. The van der Waals surface area contributed by atoms with Crippen molar-refractivity contribution in [2.75, 3.05) is 36.9 Å². The Kier molecular flexibility index (Phi) is 6.60. The van der Waals surface area contributed by atoms with Gasteiger partial charge in [-0.05, 0) is 24.5 Å². The molecular weight excluding hydrogens is 410 g/mol. The van der Waals surface area contributed by atoms with Crippen molar-refractivity contribution < 1.29 is 9.53 Å². The molecule has 0 radical (unpaired) electrons. The molecule has 1 amide bonds. The first-order valence-electron chi connectivity index (χ1n) is 10.6. The van der Waals surface area contributed by atoms with E-state index in [0.717, 1.165) is 48.2 Å². The zero-order valence-corrected chi connectivity index (χ0v) is 18.3. The van der Waals surface area contributed by atoms with E-state index in [2.05, 4.69) is 28.4 Å². The highest BCUT2D eigenvalue weighted by Gasteiger charge is 2.22. The highest BCUT2D eigenvalue weighted by molar-refractivity contribution is 7.21. The van der Waals surface area contributed by atoms with Gasteiger partial charge in [-0.3, -0.25) is 4.79 Å². The van der Waals surface area contributed by atoms with Crippen molar-refractivity contribution >= 4 is 38.7 Å². The van der Waals surface area contributed by atoms with Gasteiger partial charge in [0.2, 0.25) is 0 Å². The molecule has 4 rings (SSSR count). The molecule has 0 saturated carbocycles. The zero-order chi connectivity index (χ0) is 21.8. The van der Waals surface area contributed by atoms with E-state index in [1.54, 1.807) is 0 Å². The van der Waals surface area contributed by atoms with Gasteiger partial charge in [-0.1, -0.05) is 30.3 Å². The average Bonchev–Trinajstić information content (AvgIpc) is 3.11. The number of ether oxygens (including phenoxy) is 1. The number of carbonyl (C=O) groups excluding carboxylic acids is 1. The summed E-state index contributed by atoms with van der Waals surface area (Å²) in [6, 6.07) is 14.6. The predicted octanol–water partition coefficient (Wildman–Crippen LogP) is 2.68. The fourth-order valence-corrected chi connectivity index (χ4v) is 4.92. The number of nitrogens with zero attached hydrogens (tertiary/aromatic N) is 1. The lowest BCUT2D eigenvalue weighted by Crippen LogP contribution is -2.39. The molecule has 31 heavy (non-hydrogen) atoms. The summed E-state index contributed by atoms with van der Waals surface area (Å²) in [6.07, 6.45) is 1.91. The summed E-state index contributed by atoms with van der Waals surface area (Å²) in [5.41, 5.74) is 20.6. The second-order valence-electron chi connectivity index (χ2n) is 7.86. The molecule has 7 nitrogen and oxygen atoms in total. The van der Waals surface area contributed by atoms with Gasteiger partial charge in [0, 0.05) is 48.7 Å². The molecule has 1 fully saturated rings. The topological polar surface area (TPSA) is 120 Å². The van der Waals surface area contributed by atoms with Crippen molar-refractivity contribution in [3.8, 4) is 5.75 Å². The standard InChI is InChI=1S/C23H29N5O2S/c24-16-6-9-28(10-7-16)17-12-18(20-19(13-17)31-22(21(20)25)23(26)29)30-11-8-27-14-15-4-2-1-3-5-15/h1-5,12-13,16,27H,6-11,14,24-25H2,(H2,26,29). The third-order valence-corrected chi connectivity index (χ3v) is 6.78. The van der Waals surface area contributed by atoms with E-state index in [1.807, 2.05) is 24.3 Å². The summed E-state index contributed by atoms with van der Waals surface area (Å²) in [5, 5.41) is 4.15. The maximum Gasteiger partial charge on any atom is 0.260 e. The van der Waals surface area contributed by atoms with Crippen LogP contribution < -0.4 is 32.2 Å². The van der Waals surface area contributed by atoms with Crippen LogP contribution >= 0.6 is 11.3 Å². The molecular formula is C23H29N5O2S. The number of primary amides is 1. The highest BCUT2D eigenvalue weighted by Crippen LogP contribution is 2.42. The molecule has 7 N–H and O–H groups in total. The van der Waals surface area contributed by atoms with Gasteiger partial charge in [0.1, 0.15) is 17.2 Å². The van der Waals surface area contributed by atoms with Crippen LogP contribution in [0.4, 0.5) is 11.4 Å². The van der Waals surface area contributed by atoms with Crippen LogP contribution in [0.2, 0.25) is 0 Å². The Bertz CT molecular complexity index is 1050. The number of amides is 1. The summed E-state index contributed by atoms with van der Waals surface area (Å²) in [7, 11) is 0. The third kappa shape index (κ3) is 4.92. The van der Waals surface area contributed by atoms with Crippen LogP contribution in [0.5, 0.6) is 5.75 Å². The van der Waals surface area contributed by atoms with Crippen LogP contribution in [0.3, 0.4) is 0 Å². The Hall–Kier alpha value is -2.81. The first-order valence-corrected chi connectivity index (χ1v) is 11.4. The first kappa shape index (κ1) is 21.4. The molecule has 0 spiro atoms. The summed E-state index contributed by atoms with van der Waals surface area (Å²) in [4.78, 5) is 14.5. The average molecular weight is 440 g/mol. The van der Waals surface area contributed by atoms with E-state index in [0.29, 0.717) is 29.5 Å². The van der Waals surface area contributed by atoms with Gasteiger partial charge in [0.05, 0.1) is 11.1 Å². The Morgan fingerprint density at radius 2 is 1.94 bits per heavy atom. The Balaban J connectivity index is 1.52. The van der Waals surface area contributed by atoms with Crippen molar-refractivity contribution in [3.63, 3.8) is 0 Å². The molecule has 0 bridgehead atoms. The SMILES string of the molecule is NC(=O)c1sc2cc(N3CCC(N)CC3)cc(OCCNCc3ccccc3)c2c1N. The lowest BCUT2D eigenvalue weighted by atomic mass is 10.0. The molecule has 0 atom stereocenters. The van der Waals surface area contributed by atoms with Crippen LogP contribution in [0.1, 0.15) is 28.1 Å². The summed E-state index contributed by atoms with van der Waals surface area (Å²) in [6.45, 7) is 3.74. The van der Waals surface area contributed by atoms with Gasteiger partial charge in [0.15, 0.2) is 0 Å². The number of rotatable bonds is 8. The summed E-state index contributed by atoms with van der Waals surface area (Å²) in [5.74, 6) is 0.171. The van der Waals surface area contributed by atoms with Crippen LogP contribution in [-0.2, 0) is 6.54 Å². The molecule has 164 valence electrons. The van der Waals surface area contributed by atoms with E-state index in [4.69, 9.17) is 21.9 Å². The zero-order valence-electron chi connectivity index (χ0n) is 17.5. The van der Waals surface area contributed by atoms with E-state index >= 15 is 0 Å². The van der Waals surface area contributed by atoms with Gasteiger partial charge in [0.25, 0.3) is 5.91 Å². The maximum atomic E-state index is 11.8. The molecule has 0 aliphatic carbocycles. The van der Waals surface area contributed by atoms with Crippen LogP contribution in [0.15, 0.2) is 42.5 Å². The van der Waals surface area contributed by atoms with Crippen molar-refractivity contribution in [2.24, 2.45) is 11.5 Å². The normalized spacial score (nSPS) is 14.8. The molecule has 1 saturated heterocycles. The minimum absolute atomic E-state index is 0.255. The van der Waals surface area contributed by atoms with Crippen molar-refractivity contribution in [2.45, 2.75) is 25.4 Å². The lowest BCUT2D eigenvalue weighted by Gasteiger charge is -2.32. The largest absolute Gasteiger partial charge is 0.491 e. The number of hydrogen-bond acceptors (Lipinski definition) is 7. The highest BCUT2D eigenvalue weighted by atomic mass is 32.1.